The van der Waals surface area contributed by atoms with E-state index in [0.717, 1.165) is 32.5 Å². The van der Waals surface area contributed by atoms with Crippen LogP contribution in [0.2, 0.25) is 19.6 Å². The molecule has 0 amide bonds. The number of carbonyl (C=O) groups is 1. The van der Waals surface area contributed by atoms with Gasteiger partial charge in [0.05, 0.1) is 21.3 Å². The Balaban J connectivity index is 2.13. The Hall–Kier alpha value is -0.653. The van der Waals surface area contributed by atoms with E-state index in [1.165, 1.54) is 18.9 Å². The molecule has 1 aliphatic carbocycles. The highest BCUT2D eigenvalue weighted by molar-refractivity contribution is 6.78. The maximum atomic E-state index is 11.8. The van der Waals surface area contributed by atoms with Gasteiger partial charge in [0.15, 0.2) is 5.79 Å². The van der Waals surface area contributed by atoms with Crippen LogP contribution in [0.25, 0.3) is 0 Å². The molecule has 0 radical (unpaired) electrons. The van der Waals surface area contributed by atoms with Gasteiger partial charge in [-0.2, -0.15) is 0 Å². The number of esters is 1. The Bertz CT molecular complexity index is 551. The van der Waals surface area contributed by atoms with Gasteiger partial charge < -0.3 is 14.2 Å². The summed E-state index contributed by atoms with van der Waals surface area (Å²) in [6, 6.07) is 0. The molecule has 0 unspecified atom stereocenters. The second-order valence-electron chi connectivity index (χ2n) is 10.6. The standard InChI is InChI=1S/C22H40O4Si/c1-16-10-9-11-19(20(26-17(2)23)27(6,7)8)18(16)12-13-22(5)24-14-21(3,4)15-25-22/h11,16,18,20H,9-10,12-15H2,1-8H3/t16-,18+,20+/m1/s1. The predicted octanol–water partition coefficient (Wildman–Crippen LogP) is 5.34. The van der Waals surface area contributed by atoms with Crippen LogP contribution in [0, 0.1) is 17.3 Å². The molecule has 1 fully saturated rings. The molecular formula is C22H40O4Si. The highest BCUT2D eigenvalue weighted by Crippen LogP contribution is 2.41. The third-order valence-corrected chi connectivity index (χ3v) is 7.96. The van der Waals surface area contributed by atoms with E-state index in [0.29, 0.717) is 11.8 Å². The van der Waals surface area contributed by atoms with E-state index in [4.69, 9.17) is 14.2 Å². The third kappa shape index (κ3) is 6.16. The number of rotatable bonds is 6. The normalized spacial score (nSPS) is 29.0. The number of allylic oxidation sites excluding steroid dienone is 1. The predicted molar refractivity (Wildman–Crippen MR) is 112 cm³/mol. The molecule has 2 aliphatic rings. The molecule has 1 heterocycles. The third-order valence-electron chi connectivity index (χ3n) is 5.94. The van der Waals surface area contributed by atoms with E-state index in [-0.39, 0.29) is 17.1 Å². The molecule has 1 aliphatic heterocycles. The maximum Gasteiger partial charge on any atom is 0.302 e. The lowest BCUT2D eigenvalue weighted by molar-refractivity contribution is -0.293. The minimum atomic E-state index is -1.69. The molecule has 0 N–H and O–H groups in total. The van der Waals surface area contributed by atoms with E-state index in [1.807, 2.05) is 0 Å². The van der Waals surface area contributed by atoms with Crippen molar-refractivity contribution in [2.24, 2.45) is 17.3 Å². The van der Waals surface area contributed by atoms with Crippen molar-refractivity contribution in [2.75, 3.05) is 13.2 Å². The van der Waals surface area contributed by atoms with Crippen molar-refractivity contribution in [1.29, 1.82) is 0 Å². The first-order valence-corrected chi connectivity index (χ1v) is 14.1. The second kappa shape index (κ2) is 8.38. The van der Waals surface area contributed by atoms with Crippen molar-refractivity contribution >= 4 is 14.0 Å². The zero-order chi connectivity index (χ0) is 20.5. The molecule has 4 nitrogen and oxygen atoms in total. The quantitative estimate of drug-likeness (QED) is 0.345. The van der Waals surface area contributed by atoms with Crippen molar-refractivity contribution in [3.05, 3.63) is 11.6 Å². The van der Waals surface area contributed by atoms with Crippen molar-refractivity contribution in [3.8, 4) is 0 Å². The van der Waals surface area contributed by atoms with Gasteiger partial charge in [0.2, 0.25) is 0 Å². The van der Waals surface area contributed by atoms with Gasteiger partial charge >= 0.3 is 5.97 Å². The molecular weight excluding hydrogens is 356 g/mol. The molecule has 1 saturated heterocycles. The van der Waals surface area contributed by atoms with Crippen molar-refractivity contribution in [3.63, 3.8) is 0 Å². The summed E-state index contributed by atoms with van der Waals surface area (Å²) in [4.78, 5) is 11.8. The van der Waals surface area contributed by atoms with Gasteiger partial charge in [0, 0.05) is 18.8 Å². The monoisotopic (exact) mass is 396 g/mol. The maximum absolute atomic E-state index is 11.8. The van der Waals surface area contributed by atoms with Crippen LogP contribution in [0.3, 0.4) is 0 Å². The molecule has 5 heteroatoms. The Morgan fingerprint density at radius 2 is 1.85 bits per heavy atom. The van der Waals surface area contributed by atoms with Gasteiger partial charge in [-0.3, -0.25) is 4.79 Å². The molecule has 27 heavy (non-hydrogen) atoms. The zero-order valence-corrected chi connectivity index (χ0v) is 19.7. The van der Waals surface area contributed by atoms with Crippen molar-refractivity contribution < 1.29 is 19.0 Å². The van der Waals surface area contributed by atoms with Crippen LogP contribution < -0.4 is 0 Å². The fraction of sp³-hybridized carbons (Fsp3) is 0.864. The fourth-order valence-corrected chi connectivity index (χ4v) is 6.05. The molecule has 3 atom stereocenters. The van der Waals surface area contributed by atoms with Gasteiger partial charge in [0.25, 0.3) is 0 Å². The fourth-order valence-electron chi connectivity index (χ4n) is 4.20. The summed E-state index contributed by atoms with van der Waals surface area (Å²) < 4.78 is 18.1. The van der Waals surface area contributed by atoms with E-state index >= 15 is 0 Å². The van der Waals surface area contributed by atoms with Crippen LogP contribution in [-0.4, -0.2) is 38.8 Å². The summed E-state index contributed by atoms with van der Waals surface area (Å²) in [7, 11) is -1.69. The van der Waals surface area contributed by atoms with Gasteiger partial charge in [-0.15, -0.1) is 0 Å². The van der Waals surface area contributed by atoms with E-state index in [1.54, 1.807) is 0 Å². The van der Waals surface area contributed by atoms with Crippen LogP contribution in [0.4, 0.5) is 0 Å². The van der Waals surface area contributed by atoms with Crippen LogP contribution >= 0.6 is 0 Å². The first kappa shape index (κ1) is 22.6. The molecule has 0 spiro atoms. The SMILES string of the molecule is CC(=O)O[C@H](C1=CCC[C@@H](C)[C@@H]1CCC1(C)OCC(C)(C)CO1)[Si](C)(C)C. The molecule has 0 saturated carbocycles. The average Bonchev–Trinajstić information content (AvgIpc) is 2.54. The second-order valence-corrected chi connectivity index (χ2v) is 15.9. The Morgan fingerprint density at radius 3 is 2.37 bits per heavy atom. The number of hydrogen-bond acceptors (Lipinski definition) is 4. The molecule has 0 aromatic carbocycles. The first-order chi connectivity index (χ1) is 12.3. The number of ether oxygens (including phenoxy) is 3. The van der Waals surface area contributed by atoms with Gasteiger partial charge in [-0.1, -0.05) is 46.5 Å². The molecule has 0 bridgehead atoms. The summed E-state index contributed by atoms with van der Waals surface area (Å²) in [5.41, 5.74) is 1.39. The summed E-state index contributed by atoms with van der Waals surface area (Å²) >= 11 is 0. The van der Waals surface area contributed by atoms with Crippen LogP contribution in [0.15, 0.2) is 11.6 Å². The van der Waals surface area contributed by atoms with Crippen molar-refractivity contribution in [1.82, 2.24) is 0 Å². The lowest BCUT2D eigenvalue weighted by atomic mass is 9.76. The van der Waals surface area contributed by atoms with E-state index < -0.39 is 13.9 Å². The Labute approximate surface area is 167 Å². The molecule has 156 valence electrons. The first-order valence-electron chi connectivity index (χ1n) is 10.5. The summed E-state index contributed by atoms with van der Waals surface area (Å²) in [5.74, 6) is 0.332. The number of hydrogen-bond donors (Lipinski definition) is 0. The Morgan fingerprint density at radius 1 is 1.26 bits per heavy atom. The summed E-state index contributed by atoms with van der Waals surface area (Å²) in [6.07, 6.45) is 6.50. The smallest absolute Gasteiger partial charge is 0.302 e. The van der Waals surface area contributed by atoms with Gasteiger partial charge in [-0.25, -0.2) is 0 Å². The van der Waals surface area contributed by atoms with Crippen LogP contribution in [0.5, 0.6) is 0 Å². The van der Waals surface area contributed by atoms with Crippen molar-refractivity contribution in [2.45, 2.75) is 91.5 Å². The highest BCUT2D eigenvalue weighted by atomic mass is 28.3. The van der Waals surface area contributed by atoms with Gasteiger partial charge in [0.1, 0.15) is 5.73 Å². The largest absolute Gasteiger partial charge is 0.462 e. The lowest BCUT2D eigenvalue weighted by Crippen LogP contribution is -2.47. The minimum absolute atomic E-state index is 0.0392. The number of carbonyl (C=O) groups excluding carboxylic acids is 1. The van der Waals surface area contributed by atoms with Crippen LogP contribution in [0.1, 0.15) is 60.3 Å². The van der Waals surface area contributed by atoms with E-state index in [9.17, 15) is 4.79 Å². The Kier molecular flexibility index (Phi) is 7.02. The topological polar surface area (TPSA) is 44.8 Å². The lowest BCUT2D eigenvalue weighted by Gasteiger charge is -2.43. The molecule has 0 aromatic heterocycles. The highest BCUT2D eigenvalue weighted by Gasteiger charge is 2.41. The minimum Gasteiger partial charge on any atom is -0.462 e. The summed E-state index contributed by atoms with van der Waals surface area (Å²) in [5, 5.41) is 0. The zero-order valence-electron chi connectivity index (χ0n) is 18.7. The molecule has 0 aromatic rings. The van der Waals surface area contributed by atoms with E-state index in [2.05, 4.69) is 53.4 Å². The molecule has 2 rings (SSSR count). The average molecular weight is 397 g/mol. The van der Waals surface area contributed by atoms with Crippen LogP contribution in [-0.2, 0) is 19.0 Å². The summed E-state index contributed by atoms with van der Waals surface area (Å²) in [6.45, 7) is 18.6. The van der Waals surface area contributed by atoms with Gasteiger partial charge in [-0.05, 0) is 43.6 Å².